The van der Waals surface area contributed by atoms with Gasteiger partial charge in [-0.2, -0.15) is 0 Å². The third-order valence-electron chi connectivity index (χ3n) is 3.92. The molecule has 1 aliphatic heterocycles. The first kappa shape index (κ1) is 20.9. The second kappa shape index (κ2) is 8.71. The SMILES string of the molecule is O=C(NCCN1C(=O)S/C(=C\c2ccc(F)cc2)C1=O)c1cc(F)c(F)cc1Cl. The van der Waals surface area contributed by atoms with Crippen LogP contribution in [0.1, 0.15) is 15.9 Å². The smallest absolute Gasteiger partial charge is 0.293 e. The molecule has 0 bridgehead atoms. The Kier molecular flexibility index (Phi) is 6.29. The number of carbonyl (C=O) groups excluding carboxylic acids is 3. The fraction of sp³-hybridized carbons (Fsp3) is 0.105. The molecular formula is C19H12ClF3N2O3S. The average Bonchev–Trinajstić information content (AvgIpc) is 2.93. The molecule has 1 aliphatic rings. The highest BCUT2D eigenvalue weighted by Gasteiger charge is 2.34. The van der Waals surface area contributed by atoms with Crippen LogP contribution in [-0.2, 0) is 4.79 Å². The van der Waals surface area contributed by atoms with E-state index in [9.17, 15) is 27.6 Å². The highest BCUT2D eigenvalue weighted by molar-refractivity contribution is 8.18. The number of nitrogens with one attached hydrogen (secondary N) is 1. The molecule has 1 heterocycles. The van der Waals surface area contributed by atoms with Gasteiger partial charge in [0.25, 0.3) is 17.1 Å². The number of benzene rings is 2. The summed E-state index contributed by atoms with van der Waals surface area (Å²) in [6.45, 7) is -0.242. The Labute approximate surface area is 172 Å². The number of halogens is 4. The summed E-state index contributed by atoms with van der Waals surface area (Å²) in [5.74, 6) is -4.16. The van der Waals surface area contributed by atoms with Crippen molar-refractivity contribution in [1.82, 2.24) is 10.2 Å². The minimum Gasteiger partial charge on any atom is -0.350 e. The van der Waals surface area contributed by atoms with Crippen molar-refractivity contribution in [3.63, 3.8) is 0 Å². The molecule has 3 rings (SSSR count). The summed E-state index contributed by atoms with van der Waals surface area (Å²) >= 11 is 6.46. The maximum atomic E-state index is 13.3. The van der Waals surface area contributed by atoms with Gasteiger partial charge in [0.1, 0.15) is 5.82 Å². The van der Waals surface area contributed by atoms with Crippen LogP contribution in [0.3, 0.4) is 0 Å². The predicted octanol–water partition coefficient (Wildman–Crippen LogP) is 4.22. The third kappa shape index (κ3) is 4.80. The largest absolute Gasteiger partial charge is 0.350 e. The van der Waals surface area contributed by atoms with Crippen molar-refractivity contribution in [3.8, 4) is 0 Å². The molecule has 1 saturated heterocycles. The normalized spacial score (nSPS) is 15.3. The summed E-state index contributed by atoms with van der Waals surface area (Å²) in [7, 11) is 0. The van der Waals surface area contributed by atoms with Crippen molar-refractivity contribution < 1.29 is 27.6 Å². The average molecular weight is 441 g/mol. The molecule has 0 saturated carbocycles. The van der Waals surface area contributed by atoms with Gasteiger partial charge in [0.2, 0.25) is 0 Å². The molecule has 0 radical (unpaired) electrons. The van der Waals surface area contributed by atoms with Gasteiger partial charge in [-0.25, -0.2) is 13.2 Å². The second-order valence-corrected chi connectivity index (χ2v) is 7.29. The van der Waals surface area contributed by atoms with E-state index in [0.717, 1.165) is 16.7 Å². The van der Waals surface area contributed by atoms with E-state index in [0.29, 0.717) is 17.7 Å². The lowest BCUT2D eigenvalue weighted by Gasteiger charge is -2.13. The molecule has 2 aromatic rings. The predicted molar refractivity (Wildman–Crippen MR) is 103 cm³/mol. The minimum atomic E-state index is -1.23. The van der Waals surface area contributed by atoms with Gasteiger partial charge in [-0.3, -0.25) is 19.3 Å². The number of nitrogens with zero attached hydrogens (tertiary/aromatic N) is 1. The Morgan fingerprint density at radius 2 is 1.76 bits per heavy atom. The van der Waals surface area contributed by atoms with Crippen LogP contribution in [0, 0.1) is 17.5 Å². The lowest BCUT2D eigenvalue weighted by molar-refractivity contribution is -0.122. The number of carbonyl (C=O) groups is 3. The Bertz CT molecular complexity index is 1030. The Morgan fingerprint density at radius 1 is 1.10 bits per heavy atom. The first-order valence-corrected chi connectivity index (χ1v) is 9.39. The monoisotopic (exact) mass is 440 g/mol. The van der Waals surface area contributed by atoms with Gasteiger partial charge >= 0.3 is 0 Å². The molecule has 1 fully saturated rings. The minimum absolute atomic E-state index is 0.115. The summed E-state index contributed by atoms with van der Waals surface area (Å²) in [5.41, 5.74) is 0.286. The molecule has 0 aromatic heterocycles. The van der Waals surface area contributed by atoms with Crippen LogP contribution in [0.15, 0.2) is 41.3 Å². The van der Waals surface area contributed by atoms with Crippen LogP contribution in [0.4, 0.5) is 18.0 Å². The van der Waals surface area contributed by atoms with Crippen LogP contribution in [0.25, 0.3) is 6.08 Å². The van der Waals surface area contributed by atoms with E-state index in [1.165, 1.54) is 30.3 Å². The second-order valence-electron chi connectivity index (χ2n) is 5.89. The maximum Gasteiger partial charge on any atom is 0.293 e. The van der Waals surface area contributed by atoms with Crippen molar-refractivity contribution in [2.24, 2.45) is 0 Å². The molecule has 29 heavy (non-hydrogen) atoms. The first-order valence-electron chi connectivity index (χ1n) is 8.20. The Morgan fingerprint density at radius 3 is 2.45 bits per heavy atom. The first-order chi connectivity index (χ1) is 13.8. The molecule has 10 heteroatoms. The Balaban J connectivity index is 1.61. The van der Waals surface area contributed by atoms with E-state index < -0.39 is 34.5 Å². The highest BCUT2D eigenvalue weighted by atomic mass is 35.5. The molecule has 0 atom stereocenters. The number of thioether (sulfide) groups is 1. The molecular weight excluding hydrogens is 429 g/mol. The molecule has 1 N–H and O–H groups in total. The van der Waals surface area contributed by atoms with Gasteiger partial charge in [0, 0.05) is 13.1 Å². The lowest BCUT2D eigenvalue weighted by Crippen LogP contribution is -2.37. The molecule has 5 nitrogen and oxygen atoms in total. The number of amides is 3. The Hall–Kier alpha value is -2.78. The van der Waals surface area contributed by atoms with Crippen molar-refractivity contribution in [2.75, 3.05) is 13.1 Å². The fourth-order valence-corrected chi connectivity index (χ4v) is 3.58. The fourth-order valence-electron chi connectivity index (χ4n) is 2.48. The van der Waals surface area contributed by atoms with E-state index in [1.54, 1.807) is 0 Å². The zero-order chi connectivity index (χ0) is 21.1. The molecule has 150 valence electrons. The van der Waals surface area contributed by atoms with Crippen LogP contribution >= 0.6 is 23.4 Å². The van der Waals surface area contributed by atoms with Crippen LogP contribution < -0.4 is 5.32 Å². The topological polar surface area (TPSA) is 66.5 Å². The number of rotatable bonds is 5. The van der Waals surface area contributed by atoms with E-state index in [-0.39, 0.29) is 28.6 Å². The van der Waals surface area contributed by atoms with E-state index >= 15 is 0 Å². The van der Waals surface area contributed by atoms with E-state index in [4.69, 9.17) is 11.6 Å². The lowest BCUT2D eigenvalue weighted by atomic mass is 10.2. The van der Waals surface area contributed by atoms with Crippen molar-refractivity contribution in [3.05, 3.63) is 74.9 Å². The summed E-state index contributed by atoms with van der Waals surface area (Å²) < 4.78 is 39.3. The van der Waals surface area contributed by atoms with Crippen LogP contribution in [-0.4, -0.2) is 35.0 Å². The third-order valence-corrected chi connectivity index (χ3v) is 5.14. The zero-order valence-electron chi connectivity index (χ0n) is 14.5. The van der Waals surface area contributed by atoms with E-state index in [2.05, 4.69) is 5.32 Å². The van der Waals surface area contributed by atoms with Crippen molar-refractivity contribution in [1.29, 1.82) is 0 Å². The summed E-state index contributed by atoms with van der Waals surface area (Å²) in [6, 6.07) is 6.75. The van der Waals surface area contributed by atoms with Gasteiger partial charge in [-0.05, 0) is 47.7 Å². The number of imide groups is 1. The van der Waals surface area contributed by atoms with E-state index in [1.807, 2.05) is 0 Å². The molecule has 0 unspecified atom stereocenters. The molecule has 0 spiro atoms. The van der Waals surface area contributed by atoms with Crippen LogP contribution in [0.5, 0.6) is 0 Å². The zero-order valence-corrected chi connectivity index (χ0v) is 16.1. The maximum absolute atomic E-state index is 13.3. The van der Waals surface area contributed by atoms with Gasteiger partial charge in [0.15, 0.2) is 11.6 Å². The van der Waals surface area contributed by atoms with Gasteiger partial charge in [0.05, 0.1) is 15.5 Å². The van der Waals surface area contributed by atoms with Crippen molar-refractivity contribution in [2.45, 2.75) is 0 Å². The van der Waals surface area contributed by atoms with Crippen LogP contribution in [0.2, 0.25) is 5.02 Å². The molecule has 0 aliphatic carbocycles. The quantitative estimate of drug-likeness (QED) is 0.558. The number of hydrogen-bond donors (Lipinski definition) is 1. The highest BCUT2D eigenvalue weighted by Crippen LogP contribution is 2.32. The van der Waals surface area contributed by atoms with Gasteiger partial charge < -0.3 is 5.32 Å². The van der Waals surface area contributed by atoms with Crippen molar-refractivity contribution >= 4 is 46.5 Å². The summed E-state index contributed by atoms with van der Waals surface area (Å²) in [5, 5.41) is 1.60. The molecule has 2 aromatic carbocycles. The van der Waals surface area contributed by atoms with Gasteiger partial charge in [-0.15, -0.1) is 0 Å². The number of hydrogen-bond acceptors (Lipinski definition) is 4. The summed E-state index contributed by atoms with van der Waals surface area (Å²) in [4.78, 5) is 37.6. The van der Waals surface area contributed by atoms with Gasteiger partial charge in [-0.1, -0.05) is 23.7 Å². The standard InChI is InChI=1S/C19H12ClF3N2O3S/c20-13-9-15(23)14(22)8-12(13)17(26)24-5-6-25-18(27)16(29-19(25)28)7-10-1-3-11(21)4-2-10/h1-4,7-9H,5-6H2,(H,24,26)/b16-7-. The molecule has 3 amide bonds. The summed E-state index contributed by atoms with van der Waals surface area (Å²) in [6.07, 6.45) is 1.46.